The van der Waals surface area contributed by atoms with Gasteiger partial charge in [0.2, 0.25) is 0 Å². The molecule has 0 unspecified atom stereocenters. The molecule has 1 aromatic carbocycles. The molecule has 0 radical (unpaired) electrons. The molecule has 0 aliphatic heterocycles. The molecular formula is C14H14N2O3. The maximum Gasteiger partial charge on any atom is 0.322 e. The molecule has 0 atom stereocenters. The summed E-state index contributed by atoms with van der Waals surface area (Å²) in [5.74, 6) is -0.344. The Morgan fingerprint density at radius 3 is 2.53 bits per heavy atom. The van der Waals surface area contributed by atoms with E-state index in [1.165, 1.54) is 0 Å². The van der Waals surface area contributed by atoms with Gasteiger partial charge in [-0.15, -0.1) is 0 Å². The summed E-state index contributed by atoms with van der Waals surface area (Å²) in [5, 5.41) is 8.75. The lowest BCUT2D eigenvalue weighted by Crippen LogP contribution is -2.00. The average molecular weight is 258 g/mol. The van der Waals surface area contributed by atoms with Crippen LogP contribution in [0.15, 0.2) is 30.3 Å². The van der Waals surface area contributed by atoms with Crippen molar-refractivity contribution in [1.29, 1.82) is 0 Å². The van der Waals surface area contributed by atoms with Crippen molar-refractivity contribution in [2.75, 3.05) is 0 Å². The fraction of sp³-hybridized carbons (Fsp3) is 0.214. The second-order valence-electron chi connectivity index (χ2n) is 4.25. The minimum absolute atomic E-state index is 0.0368. The number of carboxylic acids is 1. The molecule has 1 N–H and O–H groups in total. The Bertz CT molecular complexity index is 591. The van der Waals surface area contributed by atoms with E-state index in [1.54, 1.807) is 24.3 Å². The number of aryl methyl sites for hydroxylation is 2. The predicted molar refractivity (Wildman–Crippen MR) is 69.4 cm³/mol. The van der Waals surface area contributed by atoms with Gasteiger partial charge < -0.3 is 9.84 Å². The zero-order valence-corrected chi connectivity index (χ0v) is 10.8. The molecular weight excluding hydrogens is 244 g/mol. The SMILES string of the molecule is Cc1cc(C)nc(Oc2cccc(CC(=O)O)c2)n1. The third-order valence-electron chi connectivity index (χ3n) is 2.42. The van der Waals surface area contributed by atoms with Gasteiger partial charge in [-0.3, -0.25) is 4.79 Å². The third kappa shape index (κ3) is 3.77. The predicted octanol–water partition coefficient (Wildman–Crippen LogP) is 2.51. The number of aromatic nitrogens is 2. The first-order chi connectivity index (χ1) is 9.02. The number of carbonyl (C=O) groups is 1. The Morgan fingerprint density at radius 1 is 1.21 bits per heavy atom. The minimum Gasteiger partial charge on any atom is -0.481 e. The number of ether oxygens (including phenoxy) is 1. The fourth-order valence-corrected chi connectivity index (χ4v) is 1.74. The Kier molecular flexibility index (Phi) is 3.75. The van der Waals surface area contributed by atoms with Crippen molar-refractivity contribution in [3.05, 3.63) is 47.3 Å². The molecule has 0 saturated heterocycles. The quantitative estimate of drug-likeness (QED) is 0.912. The van der Waals surface area contributed by atoms with Gasteiger partial charge in [-0.1, -0.05) is 12.1 Å². The molecule has 0 aliphatic rings. The first-order valence-electron chi connectivity index (χ1n) is 5.84. The lowest BCUT2D eigenvalue weighted by molar-refractivity contribution is -0.136. The van der Waals surface area contributed by atoms with Crippen LogP contribution in [0.5, 0.6) is 11.8 Å². The van der Waals surface area contributed by atoms with Crippen LogP contribution in [0.25, 0.3) is 0 Å². The van der Waals surface area contributed by atoms with Gasteiger partial charge in [0.25, 0.3) is 0 Å². The van der Waals surface area contributed by atoms with Crippen LogP contribution in [0.4, 0.5) is 0 Å². The van der Waals surface area contributed by atoms with Crippen molar-refractivity contribution < 1.29 is 14.6 Å². The Balaban J connectivity index is 2.20. The normalized spacial score (nSPS) is 10.2. The fourth-order valence-electron chi connectivity index (χ4n) is 1.74. The van der Waals surface area contributed by atoms with E-state index in [4.69, 9.17) is 9.84 Å². The van der Waals surface area contributed by atoms with Crippen molar-refractivity contribution in [1.82, 2.24) is 9.97 Å². The zero-order chi connectivity index (χ0) is 13.8. The number of carboxylic acid groups (broad SMARTS) is 1. The van der Waals surface area contributed by atoms with Gasteiger partial charge in [-0.25, -0.2) is 9.97 Å². The summed E-state index contributed by atoms with van der Waals surface area (Å²) in [6.07, 6.45) is -0.0368. The second-order valence-corrected chi connectivity index (χ2v) is 4.25. The van der Waals surface area contributed by atoms with Crippen LogP contribution >= 0.6 is 0 Å². The number of nitrogens with zero attached hydrogens (tertiary/aromatic N) is 2. The standard InChI is InChI=1S/C14H14N2O3/c1-9-6-10(2)16-14(15-9)19-12-5-3-4-11(7-12)8-13(17)18/h3-7H,8H2,1-2H3,(H,17,18). The average Bonchev–Trinajstić information content (AvgIpc) is 2.26. The van der Waals surface area contributed by atoms with E-state index in [0.29, 0.717) is 11.3 Å². The van der Waals surface area contributed by atoms with E-state index in [9.17, 15) is 4.79 Å². The van der Waals surface area contributed by atoms with Crippen LogP contribution in [0, 0.1) is 13.8 Å². The Hall–Kier alpha value is -2.43. The number of aliphatic carboxylic acids is 1. The zero-order valence-electron chi connectivity index (χ0n) is 10.8. The number of rotatable bonds is 4. The maximum atomic E-state index is 10.7. The summed E-state index contributed by atoms with van der Waals surface area (Å²) >= 11 is 0. The number of benzene rings is 1. The summed E-state index contributed by atoms with van der Waals surface area (Å²) in [4.78, 5) is 19.0. The number of hydrogen-bond acceptors (Lipinski definition) is 4. The highest BCUT2D eigenvalue weighted by Crippen LogP contribution is 2.20. The van der Waals surface area contributed by atoms with Gasteiger partial charge >= 0.3 is 12.0 Å². The highest BCUT2D eigenvalue weighted by Gasteiger charge is 2.05. The summed E-state index contributed by atoms with van der Waals surface area (Å²) in [5.41, 5.74) is 2.32. The summed E-state index contributed by atoms with van der Waals surface area (Å²) in [7, 11) is 0. The minimum atomic E-state index is -0.875. The molecule has 0 fully saturated rings. The summed E-state index contributed by atoms with van der Waals surface area (Å²) in [6, 6.07) is 9.03. The first kappa shape index (κ1) is 13.0. The van der Waals surface area contributed by atoms with Crippen molar-refractivity contribution in [2.24, 2.45) is 0 Å². The summed E-state index contributed by atoms with van der Waals surface area (Å²) in [6.45, 7) is 3.73. The van der Waals surface area contributed by atoms with Gasteiger partial charge in [0, 0.05) is 11.4 Å². The van der Waals surface area contributed by atoms with Crippen molar-refractivity contribution >= 4 is 5.97 Å². The second kappa shape index (κ2) is 5.48. The Morgan fingerprint density at radius 2 is 1.89 bits per heavy atom. The van der Waals surface area contributed by atoms with Gasteiger partial charge in [-0.2, -0.15) is 0 Å². The monoisotopic (exact) mass is 258 g/mol. The van der Waals surface area contributed by atoms with E-state index in [0.717, 1.165) is 11.4 Å². The topological polar surface area (TPSA) is 72.3 Å². The third-order valence-corrected chi connectivity index (χ3v) is 2.42. The maximum absolute atomic E-state index is 10.7. The van der Waals surface area contributed by atoms with Gasteiger partial charge in [0.1, 0.15) is 5.75 Å². The summed E-state index contributed by atoms with van der Waals surface area (Å²) < 4.78 is 5.55. The molecule has 0 amide bonds. The van der Waals surface area contributed by atoms with Crippen molar-refractivity contribution in [3.8, 4) is 11.8 Å². The molecule has 5 heteroatoms. The largest absolute Gasteiger partial charge is 0.481 e. The molecule has 0 saturated carbocycles. The van der Waals surface area contributed by atoms with Gasteiger partial charge in [0.15, 0.2) is 0 Å². The highest BCUT2D eigenvalue weighted by atomic mass is 16.5. The van der Waals surface area contributed by atoms with E-state index >= 15 is 0 Å². The van der Waals surface area contributed by atoms with Gasteiger partial charge in [0.05, 0.1) is 6.42 Å². The molecule has 0 aliphatic carbocycles. The molecule has 2 aromatic rings. The first-order valence-corrected chi connectivity index (χ1v) is 5.84. The van der Waals surface area contributed by atoms with E-state index in [-0.39, 0.29) is 12.4 Å². The van der Waals surface area contributed by atoms with Crippen LogP contribution in [-0.2, 0) is 11.2 Å². The molecule has 0 spiro atoms. The molecule has 98 valence electrons. The van der Waals surface area contributed by atoms with Crippen molar-refractivity contribution in [3.63, 3.8) is 0 Å². The van der Waals surface area contributed by atoms with Gasteiger partial charge in [-0.05, 0) is 37.6 Å². The van der Waals surface area contributed by atoms with Crippen LogP contribution in [0.2, 0.25) is 0 Å². The lowest BCUT2D eigenvalue weighted by Gasteiger charge is -2.06. The lowest BCUT2D eigenvalue weighted by atomic mass is 10.1. The molecule has 19 heavy (non-hydrogen) atoms. The molecule has 5 nitrogen and oxygen atoms in total. The van der Waals surface area contributed by atoms with Crippen molar-refractivity contribution in [2.45, 2.75) is 20.3 Å². The van der Waals surface area contributed by atoms with E-state index in [2.05, 4.69) is 9.97 Å². The highest BCUT2D eigenvalue weighted by molar-refractivity contribution is 5.70. The van der Waals surface area contributed by atoms with E-state index in [1.807, 2.05) is 19.9 Å². The molecule has 1 heterocycles. The molecule has 2 rings (SSSR count). The van der Waals surface area contributed by atoms with E-state index < -0.39 is 5.97 Å². The molecule has 1 aromatic heterocycles. The number of hydrogen-bond donors (Lipinski definition) is 1. The molecule has 0 bridgehead atoms. The Labute approximate surface area is 110 Å². The van der Waals surface area contributed by atoms with Crippen LogP contribution in [0.1, 0.15) is 17.0 Å². The van der Waals surface area contributed by atoms with Crippen LogP contribution in [-0.4, -0.2) is 21.0 Å². The smallest absolute Gasteiger partial charge is 0.322 e. The van der Waals surface area contributed by atoms with Crippen LogP contribution in [0.3, 0.4) is 0 Å². The van der Waals surface area contributed by atoms with Crippen LogP contribution < -0.4 is 4.74 Å².